The lowest BCUT2D eigenvalue weighted by Crippen LogP contribution is -2.34. The lowest BCUT2D eigenvalue weighted by atomic mass is 9.72. The maximum Gasteiger partial charge on any atom is 0.312 e. The number of carbonyl (C=O) groups excluding carboxylic acids is 1. The van der Waals surface area contributed by atoms with Crippen molar-refractivity contribution >= 4 is 5.97 Å². The normalized spacial score (nSPS) is 24.5. The van der Waals surface area contributed by atoms with Crippen molar-refractivity contribution < 1.29 is 19.4 Å². The Morgan fingerprint density at radius 2 is 2.12 bits per heavy atom. The van der Waals surface area contributed by atoms with Gasteiger partial charge in [0.2, 0.25) is 0 Å². The van der Waals surface area contributed by atoms with Crippen LogP contribution in [0.1, 0.15) is 38.2 Å². The fourth-order valence-electron chi connectivity index (χ4n) is 3.08. The van der Waals surface area contributed by atoms with Gasteiger partial charge in [-0.3, -0.25) is 4.79 Å². The summed E-state index contributed by atoms with van der Waals surface area (Å²) >= 11 is 0. The molecular weight excluding hydrogens is 304 g/mol. The molecule has 0 radical (unpaired) electrons. The summed E-state index contributed by atoms with van der Waals surface area (Å²) in [6.07, 6.45) is 6.46. The lowest BCUT2D eigenvalue weighted by Gasteiger charge is -2.35. The molecule has 0 spiro atoms. The fourth-order valence-corrected chi connectivity index (χ4v) is 3.08. The molecule has 24 heavy (non-hydrogen) atoms. The summed E-state index contributed by atoms with van der Waals surface area (Å²) in [6, 6.07) is 10.1. The second-order valence-corrected chi connectivity index (χ2v) is 6.73. The Labute approximate surface area is 144 Å². The van der Waals surface area contributed by atoms with Crippen molar-refractivity contribution in [3.05, 3.63) is 48.0 Å². The van der Waals surface area contributed by atoms with Gasteiger partial charge in [0.05, 0.1) is 25.7 Å². The van der Waals surface area contributed by atoms with E-state index in [1.165, 1.54) is 7.11 Å². The first-order chi connectivity index (χ1) is 11.5. The third-order valence-electron chi connectivity index (χ3n) is 4.85. The molecule has 0 aromatic heterocycles. The molecule has 1 unspecified atom stereocenters. The molecule has 132 valence electrons. The first-order valence-electron chi connectivity index (χ1n) is 8.62. The van der Waals surface area contributed by atoms with Gasteiger partial charge in [0.15, 0.2) is 0 Å². The molecule has 1 aromatic carbocycles. The Morgan fingerprint density at radius 3 is 2.75 bits per heavy atom. The van der Waals surface area contributed by atoms with Crippen LogP contribution in [0.5, 0.6) is 0 Å². The second kappa shape index (κ2) is 9.00. The molecule has 1 N–H and O–H groups in total. The predicted molar refractivity (Wildman–Crippen MR) is 93.3 cm³/mol. The summed E-state index contributed by atoms with van der Waals surface area (Å²) in [5.74, 6) is -0.374. The van der Waals surface area contributed by atoms with Crippen molar-refractivity contribution in [3.8, 4) is 0 Å². The molecule has 2 rings (SSSR count). The fraction of sp³-hybridized carbons (Fsp3) is 0.550. The molecule has 0 aliphatic heterocycles. The number of methoxy groups -OCH3 is 1. The van der Waals surface area contributed by atoms with E-state index < -0.39 is 6.10 Å². The summed E-state index contributed by atoms with van der Waals surface area (Å²) < 4.78 is 10.4. The van der Waals surface area contributed by atoms with E-state index in [0.717, 1.165) is 24.8 Å². The number of esters is 1. The highest BCUT2D eigenvalue weighted by Crippen LogP contribution is 2.38. The van der Waals surface area contributed by atoms with Crippen molar-refractivity contribution in [1.29, 1.82) is 0 Å². The molecule has 3 atom stereocenters. The number of benzene rings is 1. The van der Waals surface area contributed by atoms with Crippen LogP contribution in [0.25, 0.3) is 0 Å². The molecule has 1 aliphatic rings. The predicted octanol–water partition coefficient (Wildman–Crippen LogP) is 3.49. The monoisotopic (exact) mass is 332 g/mol. The molecule has 0 saturated carbocycles. The first-order valence-corrected chi connectivity index (χ1v) is 8.62. The first kappa shape index (κ1) is 18.7. The minimum Gasteiger partial charge on any atom is -0.469 e. The van der Waals surface area contributed by atoms with E-state index in [0.29, 0.717) is 19.6 Å². The molecule has 0 fully saturated rings. The van der Waals surface area contributed by atoms with E-state index in [-0.39, 0.29) is 17.3 Å². The molecule has 1 aromatic rings. The van der Waals surface area contributed by atoms with E-state index in [9.17, 15) is 9.90 Å². The van der Waals surface area contributed by atoms with Crippen LogP contribution in [0, 0.1) is 11.3 Å². The minimum absolute atomic E-state index is 0.176. The number of hydrogen-bond acceptors (Lipinski definition) is 4. The summed E-state index contributed by atoms with van der Waals surface area (Å²) in [7, 11) is 1.41. The molecule has 0 amide bonds. The van der Waals surface area contributed by atoms with Crippen LogP contribution in [0.3, 0.4) is 0 Å². The highest BCUT2D eigenvalue weighted by atomic mass is 16.5. The highest BCUT2D eigenvalue weighted by molar-refractivity contribution is 5.74. The van der Waals surface area contributed by atoms with Crippen LogP contribution in [0.15, 0.2) is 42.5 Å². The number of aliphatic hydroxyl groups is 1. The summed E-state index contributed by atoms with van der Waals surface area (Å²) in [6.45, 7) is 3.29. The summed E-state index contributed by atoms with van der Waals surface area (Å²) in [5, 5.41) is 10.5. The van der Waals surface area contributed by atoms with E-state index >= 15 is 0 Å². The van der Waals surface area contributed by atoms with Gasteiger partial charge in [-0.2, -0.15) is 0 Å². The second-order valence-electron chi connectivity index (χ2n) is 6.73. The van der Waals surface area contributed by atoms with Crippen molar-refractivity contribution in [3.63, 3.8) is 0 Å². The Morgan fingerprint density at radius 1 is 1.38 bits per heavy atom. The van der Waals surface area contributed by atoms with Crippen LogP contribution >= 0.6 is 0 Å². The van der Waals surface area contributed by atoms with Gasteiger partial charge in [-0.05, 0) is 31.2 Å². The molecule has 4 heteroatoms. The molecular formula is C20H28O4. The van der Waals surface area contributed by atoms with E-state index in [2.05, 4.69) is 0 Å². The van der Waals surface area contributed by atoms with Gasteiger partial charge >= 0.3 is 5.97 Å². The zero-order valence-electron chi connectivity index (χ0n) is 14.6. The molecule has 1 aliphatic carbocycles. The van der Waals surface area contributed by atoms with Gasteiger partial charge in [0, 0.05) is 12.0 Å². The topological polar surface area (TPSA) is 55.8 Å². The average molecular weight is 332 g/mol. The minimum atomic E-state index is -0.423. The molecule has 4 nitrogen and oxygen atoms in total. The van der Waals surface area contributed by atoms with Gasteiger partial charge in [-0.25, -0.2) is 0 Å². The maximum atomic E-state index is 11.6. The SMILES string of the molecule is COC(=O)C1C=C[C@@](C)([C@@H](O)CCCOCc2ccccc2)CC1. The van der Waals surface area contributed by atoms with Crippen molar-refractivity contribution in [2.45, 2.75) is 45.3 Å². The van der Waals surface area contributed by atoms with Gasteiger partial charge in [-0.1, -0.05) is 49.4 Å². The number of rotatable bonds is 8. The van der Waals surface area contributed by atoms with Gasteiger partial charge in [0.1, 0.15) is 0 Å². The quantitative estimate of drug-likeness (QED) is 0.450. The maximum absolute atomic E-state index is 11.6. The standard InChI is InChI=1S/C20H28O4/c1-20(12-10-17(11-13-20)19(22)23-2)18(21)9-6-14-24-15-16-7-4-3-5-8-16/h3-5,7-8,10,12,17-18,21H,6,9,11,13-15H2,1-2H3/t17?,18-,20+/m0/s1. The highest BCUT2D eigenvalue weighted by Gasteiger charge is 2.35. The Hall–Kier alpha value is -1.65. The van der Waals surface area contributed by atoms with E-state index in [1.807, 2.05) is 49.4 Å². The molecule has 0 saturated heterocycles. The van der Waals surface area contributed by atoms with E-state index in [1.54, 1.807) is 0 Å². The van der Waals surface area contributed by atoms with Crippen molar-refractivity contribution in [2.75, 3.05) is 13.7 Å². The molecule has 0 bridgehead atoms. The zero-order chi connectivity index (χ0) is 17.4. The Kier molecular flexibility index (Phi) is 7.00. The number of aliphatic hydroxyl groups excluding tert-OH is 1. The summed E-state index contributed by atoms with van der Waals surface area (Å²) in [4.78, 5) is 11.6. The van der Waals surface area contributed by atoms with Crippen LogP contribution in [-0.4, -0.2) is 30.9 Å². The number of carbonyl (C=O) groups is 1. The van der Waals surface area contributed by atoms with Crippen molar-refractivity contribution in [2.24, 2.45) is 11.3 Å². The Bertz CT molecular complexity index is 540. The van der Waals surface area contributed by atoms with Gasteiger partial charge < -0.3 is 14.6 Å². The van der Waals surface area contributed by atoms with Gasteiger partial charge in [-0.15, -0.1) is 0 Å². The third kappa shape index (κ3) is 5.18. The lowest BCUT2D eigenvalue weighted by molar-refractivity contribution is -0.144. The Balaban J connectivity index is 1.70. The zero-order valence-corrected chi connectivity index (χ0v) is 14.6. The number of ether oxygens (including phenoxy) is 2. The van der Waals surface area contributed by atoms with Crippen LogP contribution in [-0.2, 0) is 20.9 Å². The van der Waals surface area contributed by atoms with Crippen LogP contribution in [0.2, 0.25) is 0 Å². The summed E-state index contributed by atoms with van der Waals surface area (Å²) in [5.41, 5.74) is 0.887. The van der Waals surface area contributed by atoms with Crippen molar-refractivity contribution in [1.82, 2.24) is 0 Å². The smallest absolute Gasteiger partial charge is 0.312 e. The largest absolute Gasteiger partial charge is 0.469 e. The number of hydrogen-bond donors (Lipinski definition) is 1. The third-order valence-corrected chi connectivity index (χ3v) is 4.85. The van der Waals surface area contributed by atoms with Crippen LogP contribution < -0.4 is 0 Å². The van der Waals surface area contributed by atoms with Crippen LogP contribution in [0.4, 0.5) is 0 Å². The van der Waals surface area contributed by atoms with E-state index in [4.69, 9.17) is 9.47 Å². The molecule has 0 heterocycles. The average Bonchev–Trinajstić information content (AvgIpc) is 2.62. The van der Waals surface area contributed by atoms with Gasteiger partial charge in [0.25, 0.3) is 0 Å².